The standard InChI is InChI=1S/C14H18O3/c1-11(2)10-17-13-8-6-12(7-9-13)4-3-5-14(15)16/h6-9H,1,3-5,10H2,2H3,(H,15,16). The molecule has 0 heterocycles. The number of carboxylic acids is 1. The highest BCUT2D eigenvalue weighted by Crippen LogP contribution is 2.14. The van der Waals surface area contributed by atoms with Gasteiger partial charge in [-0.2, -0.15) is 0 Å². The third kappa shape index (κ3) is 5.76. The van der Waals surface area contributed by atoms with E-state index in [0.717, 1.165) is 23.3 Å². The zero-order valence-electron chi connectivity index (χ0n) is 10.1. The number of carbonyl (C=O) groups is 1. The molecule has 0 bridgehead atoms. The summed E-state index contributed by atoms with van der Waals surface area (Å²) in [7, 11) is 0. The van der Waals surface area contributed by atoms with Crippen molar-refractivity contribution in [3.8, 4) is 5.75 Å². The van der Waals surface area contributed by atoms with Crippen LogP contribution >= 0.6 is 0 Å². The largest absolute Gasteiger partial charge is 0.489 e. The van der Waals surface area contributed by atoms with Crippen molar-refractivity contribution >= 4 is 5.97 Å². The average molecular weight is 234 g/mol. The van der Waals surface area contributed by atoms with Gasteiger partial charge in [-0.05, 0) is 43.0 Å². The van der Waals surface area contributed by atoms with Gasteiger partial charge in [0.25, 0.3) is 0 Å². The smallest absolute Gasteiger partial charge is 0.303 e. The van der Waals surface area contributed by atoms with E-state index < -0.39 is 5.97 Å². The van der Waals surface area contributed by atoms with E-state index in [9.17, 15) is 4.79 Å². The molecule has 0 aliphatic rings. The van der Waals surface area contributed by atoms with E-state index in [1.807, 2.05) is 31.2 Å². The van der Waals surface area contributed by atoms with E-state index in [0.29, 0.717) is 13.0 Å². The lowest BCUT2D eigenvalue weighted by Gasteiger charge is -2.06. The Labute approximate surface area is 102 Å². The SMILES string of the molecule is C=C(C)COc1ccc(CCCC(=O)O)cc1. The predicted octanol–water partition coefficient (Wildman–Crippen LogP) is 3.05. The Hall–Kier alpha value is -1.77. The number of ether oxygens (including phenoxy) is 1. The van der Waals surface area contributed by atoms with Gasteiger partial charge in [0, 0.05) is 6.42 Å². The maximum Gasteiger partial charge on any atom is 0.303 e. The van der Waals surface area contributed by atoms with Crippen LogP contribution in [0.1, 0.15) is 25.3 Å². The highest BCUT2D eigenvalue weighted by Gasteiger charge is 1.99. The Bertz CT molecular complexity index is 379. The van der Waals surface area contributed by atoms with Crippen LogP contribution in [0.3, 0.4) is 0 Å². The molecule has 92 valence electrons. The first-order valence-electron chi connectivity index (χ1n) is 5.66. The van der Waals surface area contributed by atoms with Gasteiger partial charge < -0.3 is 9.84 Å². The van der Waals surface area contributed by atoms with Gasteiger partial charge in [-0.25, -0.2) is 0 Å². The lowest BCUT2D eigenvalue weighted by molar-refractivity contribution is -0.137. The van der Waals surface area contributed by atoms with Crippen LogP contribution in [0.2, 0.25) is 0 Å². The van der Waals surface area contributed by atoms with Crippen molar-refractivity contribution in [1.82, 2.24) is 0 Å². The molecule has 0 aliphatic carbocycles. The number of carboxylic acid groups (broad SMARTS) is 1. The number of hydrogen-bond donors (Lipinski definition) is 1. The Balaban J connectivity index is 2.39. The summed E-state index contributed by atoms with van der Waals surface area (Å²) in [4.78, 5) is 10.4. The molecule has 0 fully saturated rings. The van der Waals surface area contributed by atoms with E-state index >= 15 is 0 Å². The van der Waals surface area contributed by atoms with Crippen LogP contribution in [-0.2, 0) is 11.2 Å². The van der Waals surface area contributed by atoms with Crippen molar-refractivity contribution < 1.29 is 14.6 Å². The van der Waals surface area contributed by atoms with Crippen LogP contribution in [0.25, 0.3) is 0 Å². The maximum absolute atomic E-state index is 10.4. The molecule has 3 nitrogen and oxygen atoms in total. The quantitative estimate of drug-likeness (QED) is 0.737. The summed E-state index contributed by atoms with van der Waals surface area (Å²) in [5.74, 6) is 0.0707. The van der Waals surface area contributed by atoms with E-state index in [1.54, 1.807) is 0 Å². The summed E-state index contributed by atoms with van der Waals surface area (Å²) in [6.07, 6.45) is 1.67. The Morgan fingerprint density at radius 2 is 2.00 bits per heavy atom. The average Bonchev–Trinajstić information content (AvgIpc) is 2.27. The number of benzene rings is 1. The molecular formula is C14H18O3. The van der Waals surface area contributed by atoms with Gasteiger partial charge in [0.1, 0.15) is 12.4 Å². The number of aliphatic carboxylic acids is 1. The summed E-state index contributed by atoms with van der Waals surface area (Å²) in [6.45, 7) is 6.21. The molecule has 0 aromatic heterocycles. The summed E-state index contributed by atoms with van der Waals surface area (Å²) in [6, 6.07) is 7.74. The summed E-state index contributed by atoms with van der Waals surface area (Å²) < 4.78 is 5.47. The second kappa shape index (κ2) is 6.74. The lowest BCUT2D eigenvalue weighted by atomic mass is 10.1. The van der Waals surface area contributed by atoms with Crippen LogP contribution < -0.4 is 4.74 Å². The van der Waals surface area contributed by atoms with Gasteiger partial charge in [0.2, 0.25) is 0 Å². The first kappa shape index (κ1) is 13.3. The van der Waals surface area contributed by atoms with Gasteiger partial charge in [-0.15, -0.1) is 0 Å². The first-order valence-corrected chi connectivity index (χ1v) is 5.66. The molecule has 1 aromatic rings. The number of hydrogen-bond acceptors (Lipinski definition) is 2. The number of aryl methyl sites for hydroxylation is 1. The molecule has 0 atom stereocenters. The third-order valence-electron chi connectivity index (χ3n) is 2.26. The summed E-state index contributed by atoms with van der Waals surface area (Å²) in [5.41, 5.74) is 2.12. The van der Waals surface area contributed by atoms with Crippen molar-refractivity contribution in [2.24, 2.45) is 0 Å². The minimum atomic E-state index is -0.744. The van der Waals surface area contributed by atoms with Crippen molar-refractivity contribution in [3.05, 3.63) is 42.0 Å². The molecule has 0 spiro atoms. The highest BCUT2D eigenvalue weighted by atomic mass is 16.5. The summed E-state index contributed by atoms with van der Waals surface area (Å²) in [5, 5.41) is 8.53. The fraction of sp³-hybridized carbons (Fsp3) is 0.357. The topological polar surface area (TPSA) is 46.5 Å². The zero-order chi connectivity index (χ0) is 12.7. The molecule has 1 aromatic carbocycles. The van der Waals surface area contributed by atoms with Crippen molar-refractivity contribution in [3.63, 3.8) is 0 Å². The van der Waals surface area contributed by atoms with Crippen molar-refractivity contribution in [1.29, 1.82) is 0 Å². The van der Waals surface area contributed by atoms with Gasteiger partial charge >= 0.3 is 5.97 Å². The molecule has 17 heavy (non-hydrogen) atoms. The minimum Gasteiger partial charge on any atom is -0.489 e. The van der Waals surface area contributed by atoms with Crippen molar-refractivity contribution in [2.45, 2.75) is 26.2 Å². The lowest BCUT2D eigenvalue weighted by Crippen LogP contribution is -1.98. The maximum atomic E-state index is 10.4. The van der Waals surface area contributed by atoms with E-state index in [4.69, 9.17) is 9.84 Å². The Morgan fingerprint density at radius 1 is 1.35 bits per heavy atom. The molecule has 0 saturated heterocycles. The molecule has 0 radical (unpaired) electrons. The van der Waals surface area contributed by atoms with Crippen LogP contribution in [0.15, 0.2) is 36.4 Å². The Kier molecular flexibility index (Phi) is 5.27. The van der Waals surface area contributed by atoms with Gasteiger partial charge in [0.15, 0.2) is 0 Å². The molecule has 0 amide bonds. The van der Waals surface area contributed by atoms with Crippen LogP contribution in [0.4, 0.5) is 0 Å². The van der Waals surface area contributed by atoms with Crippen LogP contribution in [-0.4, -0.2) is 17.7 Å². The third-order valence-corrected chi connectivity index (χ3v) is 2.26. The molecule has 1 N–H and O–H groups in total. The molecular weight excluding hydrogens is 216 g/mol. The molecule has 0 saturated carbocycles. The monoisotopic (exact) mass is 234 g/mol. The second-order valence-corrected chi connectivity index (χ2v) is 4.14. The van der Waals surface area contributed by atoms with Gasteiger partial charge in [-0.3, -0.25) is 4.79 Å². The normalized spacial score (nSPS) is 9.94. The van der Waals surface area contributed by atoms with E-state index in [2.05, 4.69) is 6.58 Å². The molecule has 0 aliphatic heterocycles. The molecule has 0 unspecified atom stereocenters. The first-order chi connectivity index (χ1) is 8.08. The number of rotatable bonds is 7. The van der Waals surface area contributed by atoms with Crippen LogP contribution in [0.5, 0.6) is 5.75 Å². The minimum absolute atomic E-state index is 0.216. The highest BCUT2D eigenvalue weighted by molar-refractivity contribution is 5.66. The van der Waals surface area contributed by atoms with Crippen LogP contribution in [0, 0.1) is 0 Å². The van der Waals surface area contributed by atoms with Crippen molar-refractivity contribution in [2.75, 3.05) is 6.61 Å². The molecule has 1 rings (SSSR count). The summed E-state index contributed by atoms with van der Waals surface area (Å²) >= 11 is 0. The molecule has 3 heteroatoms. The van der Waals surface area contributed by atoms with E-state index in [1.165, 1.54) is 0 Å². The van der Waals surface area contributed by atoms with Gasteiger partial charge in [-0.1, -0.05) is 18.7 Å². The second-order valence-electron chi connectivity index (χ2n) is 4.14. The van der Waals surface area contributed by atoms with E-state index in [-0.39, 0.29) is 6.42 Å². The fourth-order valence-electron chi connectivity index (χ4n) is 1.40. The van der Waals surface area contributed by atoms with Gasteiger partial charge in [0.05, 0.1) is 0 Å². The predicted molar refractivity (Wildman–Crippen MR) is 67.3 cm³/mol. The Morgan fingerprint density at radius 3 is 2.53 bits per heavy atom. The fourth-order valence-corrected chi connectivity index (χ4v) is 1.40. The zero-order valence-corrected chi connectivity index (χ0v) is 10.1.